The van der Waals surface area contributed by atoms with Crippen LogP contribution in [0.3, 0.4) is 0 Å². The number of hydrogen-bond donors (Lipinski definition) is 1. The Labute approximate surface area is 203 Å². The summed E-state index contributed by atoms with van der Waals surface area (Å²) in [6.07, 6.45) is 0.662. The first kappa shape index (κ1) is 23.6. The molecule has 0 aliphatic carbocycles. The SMILES string of the molecule is O=C(COc1ccc(S(=O)(=O)N2CCc3ccccc3C2)cc1Cl)NCc1ccc(Cl)cc1. The van der Waals surface area contributed by atoms with E-state index in [1.54, 1.807) is 12.1 Å². The van der Waals surface area contributed by atoms with Gasteiger partial charge in [0.05, 0.1) is 9.92 Å². The minimum atomic E-state index is -3.71. The molecule has 0 unspecified atom stereocenters. The molecule has 9 heteroatoms. The second-order valence-corrected chi connectivity index (χ2v) is 10.4. The zero-order chi connectivity index (χ0) is 23.4. The summed E-state index contributed by atoms with van der Waals surface area (Å²) >= 11 is 12.1. The molecule has 0 aromatic heterocycles. The molecule has 0 radical (unpaired) electrons. The molecular formula is C24H22Cl2N2O4S. The third kappa shape index (κ3) is 5.68. The van der Waals surface area contributed by atoms with Crippen molar-refractivity contribution in [2.24, 2.45) is 0 Å². The summed E-state index contributed by atoms with van der Waals surface area (Å²) < 4.78 is 33.2. The normalized spacial score (nSPS) is 13.9. The number of nitrogens with zero attached hydrogens (tertiary/aromatic N) is 1. The average Bonchev–Trinajstić information content (AvgIpc) is 2.82. The lowest BCUT2D eigenvalue weighted by molar-refractivity contribution is -0.123. The third-order valence-electron chi connectivity index (χ3n) is 5.40. The van der Waals surface area contributed by atoms with Gasteiger partial charge in [-0.25, -0.2) is 8.42 Å². The fourth-order valence-electron chi connectivity index (χ4n) is 3.58. The number of ether oxygens (including phenoxy) is 1. The number of rotatable bonds is 7. The van der Waals surface area contributed by atoms with Crippen molar-refractivity contribution in [3.05, 3.63) is 93.5 Å². The summed E-state index contributed by atoms with van der Waals surface area (Å²) in [7, 11) is -3.71. The van der Waals surface area contributed by atoms with E-state index in [1.165, 1.54) is 28.1 Å². The van der Waals surface area contributed by atoms with Crippen LogP contribution in [0.25, 0.3) is 0 Å². The summed E-state index contributed by atoms with van der Waals surface area (Å²) in [6, 6.07) is 19.2. The van der Waals surface area contributed by atoms with Crippen LogP contribution in [0.2, 0.25) is 10.0 Å². The number of carbonyl (C=O) groups is 1. The summed E-state index contributed by atoms with van der Waals surface area (Å²) in [6.45, 7) is 0.816. The van der Waals surface area contributed by atoms with Crippen LogP contribution in [0.5, 0.6) is 5.75 Å². The molecule has 1 amide bonds. The van der Waals surface area contributed by atoms with Gasteiger partial charge in [-0.15, -0.1) is 0 Å². The van der Waals surface area contributed by atoms with Crippen molar-refractivity contribution >= 4 is 39.1 Å². The van der Waals surface area contributed by atoms with E-state index in [-0.39, 0.29) is 28.2 Å². The molecule has 1 aliphatic heterocycles. The highest BCUT2D eigenvalue weighted by atomic mass is 35.5. The standard InChI is InChI=1S/C24H22Cl2N2O4S/c25-20-7-5-17(6-8-20)14-27-24(29)16-32-23-10-9-21(13-22(23)26)33(30,31)28-12-11-18-3-1-2-4-19(18)15-28/h1-10,13H,11-12,14-16H2,(H,27,29). The summed E-state index contributed by atoms with van der Waals surface area (Å²) in [5, 5.41) is 3.49. The van der Waals surface area contributed by atoms with Gasteiger partial charge in [0.2, 0.25) is 10.0 Å². The number of nitrogens with one attached hydrogen (secondary N) is 1. The minimum absolute atomic E-state index is 0.0893. The van der Waals surface area contributed by atoms with Gasteiger partial charge in [-0.05, 0) is 53.4 Å². The molecule has 0 saturated heterocycles. The molecule has 0 spiro atoms. The summed E-state index contributed by atoms with van der Waals surface area (Å²) in [5.41, 5.74) is 3.07. The van der Waals surface area contributed by atoms with Gasteiger partial charge in [0, 0.05) is 24.7 Å². The lowest BCUT2D eigenvalue weighted by Gasteiger charge is -2.28. The first-order valence-corrected chi connectivity index (χ1v) is 12.5. The molecule has 1 aliphatic rings. The Balaban J connectivity index is 1.36. The second kappa shape index (κ2) is 10.1. The molecule has 172 valence electrons. The lowest BCUT2D eigenvalue weighted by atomic mass is 10.0. The van der Waals surface area contributed by atoms with Gasteiger partial charge in [0.1, 0.15) is 5.75 Å². The molecule has 0 atom stereocenters. The largest absolute Gasteiger partial charge is 0.482 e. The van der Waals surface area contributed by atoms with Crippen molar-refractivity contribution in [1.29, 1.82) is 0 Å². The van der Waals surface area contributed by atoms with Crippen molar-refractivity contribution in [2.75, 3.05) is 13.2 Å². The first-order valence-electron chi connectivity index (χ1n) is 10.3. The number of sulfonamides is 1. The predicted molar refractivity (Wildman–Crippen MR) is 128 cm³/mol. The van der Waals surface area contributed by atoms with Crippen LogP contribution in [0.1, 0.15) is 16.7 Å². The first-order chi connectivity index (χ1) is 15.8. The Bertz CT molecular complexity index is 1260. The highest BCUT2D eigenvalue weighted by Crippen LogP contribution is 2.30. The average molecular weight is 505 g/mol. The van der Waals surface area contributed by atoms with Gasteiger partial charge in [-0.3, -0.25) is 4.79 Å². The van der Waals surface area contributed by atoms with Crippen LogP contribution in [0.4, 0.5) is 0 Å². The van der Waals surface area contributed by atoms with Crippen molar-refractivity contribution in [3.63, 3.8) is 0 Å². The van der Waals surface area contributed by atoms with E-state index in [4.69, 9.17) is 27.9 Å². The van der Waals surface area contributed by atoms with E-state index in [0.717, 1.165) is 11.1 Å². The quantitative estimate of drug-likeness (QED) is 0.516. The van der Waals surface area contributed by atoms with E-state index < -0.39 is 10.0 Å². The van der Waals surface area contributed by atoms with Crippen LogP contribution in [0, 0.1) is 0 Å². The molecule has 1 N–H and O–H groups in total. The number of fused-ring (bicyclic) bond motifs is 1. The maximum absolute atomic E-state index is 13.1. The molecule has 0 fully saturated rings. The number of amides is 1. The molecule has 0 saturated carbocycles. The molecule has 6 nitrogen and oxygen atoms in total. The van der Waals surface area contributed by atoms with Crippen LogP contribution >= 0.6 is 23.2 Å². The smallest absolute Gasteiger partial charge is 0.258 e. The Kier molecular flexibility index (Phi) is 7.24. The van der Waals surface area contributed by atoms with Crippen LogP contribution in [-0.4, -0.2) is 31.8 Å². The molecule has 3 aromatic rings. The van der Waals surface area contributed by atoms with E-state index in [9.17, 15) is 13.2 Å². The van der Waals surface area contributed by atoms with E-state index in [0.29, 0.717) is 31.1 Å². The topological polar surface area (TPSA) is 75.7 Å². The molecular weight excluding hydrogens is 483 g/mol. The van der Waals surface area contributed by atoms with Crippen LogP contribution in [0.15, 0.2) is 71.6 Å². The second-order valence-electron chi connectivity index (χ2n) is 7.64. The van der Waals surface area contributed by atoms with Gasteiger partial charge < -0.3 is 10.1 Å². The third-order valence-corrected chi connectivity index (χ3v) is 7.79. The van der Waals surface area contributed by atoms with E-state index in [1.807, 2.05) is 36.4 Å². The highest BCUT2D eigenvalue weighted by molar-refractivity contribution is 7.89. The van der Waals surface area contributed by atoms with E-state index >= 15 is 0 Å². The minimum Gasteiger partial charge on any atom is -0.482 e. The zero-order valence-electron chi connectivity index (χ0n) is 17.6. The van der Waals surface area contributed by atoms with Gasteiger partial charge in [0.15, 0.2) is 6.61 Å². The van der Waals surface area contributed by atoms with Gasteiger partial charge in [-0.1, -0.05) is 59.6 Å². The number of benzene rings is 3. The summed E-state index contributed by atoms with van der Waals surface area (Å²) in [4.78, 5) is 12.2. The van der Waals surface area contributed by atoms with Gasteiger partial charge >= 0.3 is 0 Å². The van der Waals surface area contributed by atoms with Gasteiger partial charge in [0.25, 0.3) is 5.91 Å². The van der Waals surface area contributed by atoms with Gasteiger partial charge in [-0.2, -0.15) is 4.31 Å². The molecule has 3 aromatic carbocycles. The molecule has 1 heterocycles. The van der Waals surface area contributed by atoms with Crippen molar-refractivity contribution in [1.82, 2.24) is 9.62 Å². The van der Waals surface area contributed by atoms with Crippen LogP contribution < -0.4 is 10.1 Å². The number of carbonyl (C=O) groups excluding carboxylic acids is 1. The zero-order valence-corrected chi connectivity index (χ0v) is 20.0. The number of hydrogen-bond acceptors (Lipinski definition) is 4. The number of halogens is 2. The predicted octanol–water partition coefficient (Wildman–Crippen LogP) is 4.44. The van der Waals surface area contributed by atoms with Crippen molar-refractivity contribution in [2.45, 2.75) is 24.4 Å². The molecule has 0 bridgehead atoms. The Hall–Kier alpha value is -2.58. The molecule has 33 heavy (non-hydrogen) atoms. The molecule has 4 rings (SSSR count). The van der Waals surface area contributed by atoms with E-state index in [2.05, 4.69) is 5.32 Å². The van der Waals surface area contributed by atoms with Crippen LogP contribution in [-0.2, 0) is 34.3 Å². The lowest BCUT2D eigenvalue weighted by Crippen LogP contribution is -2.35. The Morgan fingerprint density at radius 3 is 2.45 bits per heavy atom. The maximum atomic E-state index is 13.1. The van der Waals surface area contributed by atoms with Crippen molar-refractivity contribution in [3.8, 4) is 5.75 Å². The Morgan fingerprint density at radius 1 is 1.00 bits per heavy atom. The highest BCUT2D eigenvalue weighted by Gasteiger charge is 2.28. The maximum Gasteiger partial charge on any atom is 0.258 e. The summed E-state index contributed by atoms with van der Waals surface area (Å²) in [5.74, 6) is -0.0917. The fraction of sp³-hybridized carbons (Fsp3) is 0.208. The monoisotopic (exact) mass is 504 g/mol. The Morgan fingerprint density at radius 2 is 1.73 bits per heavy atom. The van der Waals surface area contributed by atoms with Crippen molar-refractivity contribution < 1.29 is 17.9 Å². The fourth-order valence-corrected chi connectivity index (χ4v) is 5.45.